The largest absolute Gasteiger partial charge is 0.396 e. The fraction of sp³-hybridized carbons (Fsp3) is 1.00. The SMILES string of the molecule is CCOCCN(CC)CC1(CO)CCCCCC1. The van der Waals surface area contributed by atoms with Crippen LogP contribution < -0.4 is 0 Å². The van der Waals surface area contributed by atoms with Crippen LogP contribution >= 0.6 is 0 Å². The molecule has 0 spiro atoms. The van der Waals surface area contributed by atoms with Gasteiger partial charge in [-0.1, -0.05) is 32.6 Å². The molecule has 1 N–H and O–H groups in total. The predicted molar refractivity (Wildman–Crippen MR) is 75.8 cm³/mol. The van der Waals surface area contributed by atoms with Gasteiger partial charge in [0.1, 0.15) is 0 Å². The molecular weight excluding hydrogens is 226 g/mol. The minimum atomic E-state index is 0.152. The molecule has 0 unspecified atom stereocenters. The molecule has 0 radical (unpaired) electrons. The molecule has 0 saturated heterocycles. The molecule has 3 nitrogen and oxygen atoms in total. The number of hydrogen-bond donors (Lipinski definition) is 1. The Balaban J connectivity index is 2.46. The second-order valence-corrected chi connectivity index (χ2v) is 5.64. The van der Waals surface area contributed by atoms with E-state index in [4.69, 9.17) is 4.74 Å². The number of nitrogens with zero attached hydrogens (tertiary/aromatic N) is 1. The summed E-state index contributed by atoms with van der Waals surface area (Å²) in [6.45, 7) is 9.27. The third kappa shape index (κ3) is 5.25. The van der Waals surface area contributed by atoms with Gasteiger partial charge in [0, 0.05) is 31.7 Å². The van der Waals surface area contributed by atoms with Crippen molar-refractivity contribution in [2.24, 2.45) is 5.41 Å². The number of hydrogen-bond acceptors (Lipinski definition) is 3. The van der Waals surface area contributed by atoms with Gasteiger partial charge >= 0.3 is 0 Å². The summed E-state index contributed by atoms with van der Waals surface area (Å²) in [6, 6.07) is 0. The van der Waals surface area contributed by atoms with Crippen LogP contribution in [0.4, 0.5) is 0 Å². The molecule has 0 aromatic carbocycles. The lowest BCUT2D eigenvalue weighted by Gasteiger charge is -2.36. The molecule has 0 aromatic rings. The average molecular weight is 257 g/mol. The van der Waals surface area contributed by atoms with Gasteiger partial charge in [0.15, 0.2) is 0 Å². The molecule has 1 saturated carbocycles. The first-order valence-corrected chi connectivity index (χ1v) is 7.67. The van der Waals surface area contributed by atoms with E-state index in [2.05, 4.69) is 11.8 Å². The maximum Gasteiger partial charge on any atom is 0.0593 e. The van der Waals surface area contributed by atoms with E-state index in [0.717, 1.165) is 32.8 Å². The summed E-state index contributed by atoms with van der Waals surface area (Å²) >= 11 is 0. The van der Waals surface area contributed by atoms with Crippen molar-refractivity contribution in [2.45, 2.75) is 52.4 Å². The first kappa shape index (κ1) is 15.9. The maximum atomic E-state index is 9.82. The van der Waals surface area contributed by atoms with Gasteiger partial charge in [-0.05, 0) is 26.3 Å². The Morgan fingerprint density at radius 3 is 2.28 bits per heavy atom. The lowest BCUT2D eigenvalue weighted by molar-refractivity contribution is 0.0446. The molecule has 1 rings (SSSR count). The van der Waals surface area contributed by atoms with Gasteiger partial charge in [-0.25, -0.2) is 0 Å². The Morgan fingerprint density at radius 2 is 1.78 bits per heavy atom. The summed E-state index contributed by atoms with van der Waals surface area (Å²) in [4.78, 5) is 2.44. The summed E-state index contributed by atoms with van der Waals surface area (Å²) in [5.74, 6) is 0. The van der Waals surface area contributed by atoms with E-state index in [9.17, 15) is 5.11 Å². The lowest BCUT2D eigenvalue weighted by atomic mass is 9.80. The number of ether oxygens (including phenoxy) is 1. The van der Waals surface area contributed by atoms with Crippen LogP contribution in [0.15, 0.2) is 0 Å². The minimum Gasteiger partial charge on any atom is -0.396 e. The second kappa shape index (κ2) is 8.89. The third-order valence-electron chi connectivity index (χ3n) is 4.26. The molecule has 0 aromatic heterocycles. The van der Waals surface area contributed by atoms with Crippen LogP contribution in [0.5, 0.6) is 0 Å². The lowest BCUT2D eigenvalue weighted by Crippen LogP contribution is -2.41. The highest BCUT2D eigenvalue weighted by Crippen LogP contribution is 2.35. The monoisotopic (exact) mass is 257 g/mol. The van der Waals surface area contributed by atoms with Crippen LogP contribution in [0.1, 0.15) is 52.4 Å². The molecule has 0 bridgehead atoms. The summed E-state index contributed by atoms with van der Waals surface area (Å²) in [5.41, 5.74) is 0.152. The van der Waals surface area contributed by atoms with Crippen LogP contribution in [-0.4, -0.2) is 49.5 Å². The van der Waals surface area contributed by atoms with Gasteiger partial charge < -0.3 is 14.7 Å². The Hall–Kier alpha value is -0.120. The molecule has 1 aliphatic carbocycles. The smallest absolute Gasteiger partial charge is 0.0593 e. The van der Waals surface area contributed by atoms with Crippen molar-refractivity contribution < 1.29 is 9.84 Å². The molecule has 1 fully saturated rings. The average Bonchev–Trinajstić information content (AvgIpc) is 2.64. The van der Waals surface area contributed by atoms with Gasteiger partial charge in [-0.15, -0.1) is 0 Å². The fourth-order valence-corrected chi connectivity index (χ4v) is 3.01. The van der Waals surface area contributed by atoms with Gasteiger partial charge in [-0.2, -0.15) is 0 Å². The maximum absolute atomic E-state index is 9.82. The summed E-state index contributed by atoms with van der Waals surface area (Å²) in [7, 11) is 0. The van der Waals surface area contributed by atoms with Crippen molar-refractivity contribution in [1.82, 2.24) is 4.90 Å². The van der Waals surface area contributed by atoms with E-state index in [0.29, 0.717) is 6.61 Å². The molecule has 18 heavy (non-hydrogen) atoms. The van der Waals surface area contributed by atoms with Crippen LogP contribution in [0.3, 0.4) is 0 Å². The zero-order valence-corrected chi connectivity index (χ0v) is 12.3. The topological polar surface area (TPSA) is 32.7 Å². The van der Waals surface area contributed by atoms with Gasteiger partial charge in [0.25, 0.3) is 0 Å². The van der Waals surface area contributed by atoms with E-state index in [-0.39, 0.29) is 5.41 Å². The zero-order chi connectivity index (χ0) is 13.3. The highest BCUT2D eigenvalue weighted by molar-refractivity contribution is 4.84. The third-order valence-corrected chi connectivity index (χ3v) is 4.26. The fourth-order valence-electron chi connectivity index (χ4n) is 3.01. The standard InChI is InChI=1S/C15H31NO2/c1-3-16(11-12-18-4-2)13-15(14-17)9-7-5-6-8-10-15/h17H,3-14H2,1-2H3. The predicted octanol–water partition coefficient (Wildman–Crippen LogP) is 2.68. The van der Waals surface area contributed by atoms with Gasteiger partial charge in [0.05, 0.1) is 6.61 Å². The molecule has 0 amide bonds. The molecular formula is C15H31NO2. The highest BCUT2D eigenvalue weighted by atomic mass is 16.5. The Morgan fingerprint density at radius 1 is 1.11 bits per heavy atom. The van der Waals surface area contributed by atoms with E-state index in [1.54, 1.807) is 0 Å². The van der Waals surface area contributed by atoms with Crippen molar-refractivity contribution in [1.29, 1.82) is 0 Å². The zero-order valence-electron chi connectivity index (χ0n) is 12.3. The molecule has 0 aliphatic heterocycles. The number of rotatable bonds is 8. The van der Waals surface area contributed by atoms with Crippen LogP contribution in [0.25, 0.3) is 0 Å². The summed E-state index contributed by atoms with van der Waals surface area (Å²) < 4.78 is 5.44. The van der Waals surface area contributed by atoms with E-state index < -0.39 is 0 Å². The normalized spacial score (nSPS) is 20.0. The van der Waals surface area contributed by atoms with E-state index >= 15 is 0 Å². The van der Waals surface area contributed by atoms with Crippen molar-refractivity contribution in [3.8, 4) is 0 Å². The van der Waals surface area contributed by atoms with Crippen LogP contribution in [0, 0.1) is 5.41 Å². The summed E-state index contributed by atoms with van der Waals surface area (Å²) in [6.07, 6.45) is 7.62. The molecule has 0 heterocycles. The van der Waals surface area contributed by atoms with Gasteiger partial charge in [0.2, 0.25) is 0 Å². The number of aliphatic hydroxyl groups is 1. The van der Waals surface area contributed by atoms with Crippen molar-refractivity contribution >= 4 is 0 Å². The highest BCUT2D eigenvalue weighted by Gasteiger charge is 2.31. The Labute approximate surface area is 113 Å². The van der Waals surface area contributed by atoms with Crippen molar-refractivity contribution in [3.63, 3.8) is 0 Å². The summed E-state index contributed by atoms with van der Waals surface area (Å²) in [5, 5.41) is 9.82. The second-order valence-electron chi connectivity index (χ2n) is 5.64. The molecule has 1 aliphatic rings. The van der Waals surface area contributed by atoms with Gasteiger partial charge in [-0.3, -0.25) is 0 Å². The Bertz CT molecular complexity index is 201. The van der Waals surface area contributed by atoms with Crippen molar-refractivity contribution in [2.75, 3.05) is 39.5 Å². The first-order chi connectivity index (χ1) is 8.76. The molecule has 3 heteroatoms. The van der Waals surface area contributed by atoms with E-state index in [1.807, 2.05) is 6.92 Å². The quantitative estimate of drug-likeness (QED) is 0.536. The number of aliphatic hydroxyl groups excluding tert-OH is 1. The number of likely N-dealkylation sites (N-methyl/N-ethyl adjacent to an activating group) is 1. The minimum absolute atomic E-state index is 0.152. The van der Waals surface area contributed by atoms with Crippen LogP contribution in [0.2, 0.25) is 0 Å². The first-order valence-electron chi connectivity index (χ1n) is 7.67. The Kier molecular flexibility index (Phi) is 7.87. The molecule has 0 atom stereocenters. The van der Waals surface area contributed by atoms with E-state index in [1.165, 1.54) is 38.5 Å². The molecule has 108 valence electrons. The van der Waals surface area contributed by atoms with Crippen LogP contribution in [-0.2, 0) is 4.74 Å². The van der Waals surface area contributed by atoms with Crippen molar-refractivity contribution in [3.05, 3.63) is 0 Å².